The SMILES string of the molecule is Cc1ccc(CNc2ccc(S(N)(=O)=O)cc2)cc1C. The molecule has 0 unspecified atom stereocenters. The van der Waals surface area contributed by atoms with Gasteiger partial charge in [-0.3, -0.25) is 0 Å². The first-order valence-electron chi connectivity index (χ1n) is 6.29. The largest absolute Gasteiger partial charge is 0.381 e. The predicted molar refractivity (Wildman–Crippen MR) is 81.1 cm³/mol. The Hall–Kier alpha value is -1.85. The van der Waals surface area contributed by atoms with Crippen molar-refractivity contribution in [3.63, 3.8) is 0 Å². The average molecular weight is 290 g/mol. The van der Waals surface area contributed by atoms with Crippen LogP contribution in [0.15, 0.2) is 47.4 Å². The first kappa shape index (κ1) is 14.6. The molecule has 0 bridgehead atoms. The van der Waals surface area contributed by atoms with E-state index in [1.165, 1.54) is 28.8 Å². The highest BCUT2D eigenvalue weighted by Crippen LogP contribution is 2.15. The van der Waals surface area contributed by atoms with Gasteiger partial charge in [0.15, 0.2) is 0 Å². The maximum absolute atomic E-state index is 11.2. The van der Waals surface area contributed by atoms with Crippen molar-refractivity contribution >= 4 is 15.7 Å². The third kappa shape index (κ3) is 3.59. The minimum Gasteiger partial charge on any atom is -0.381 e. The van der Waals surface area contributed by atoms with Gasteiger partial charge < -0.3 is 5.32 Å². The van der Waals surface area contributed by atoms with E-state index < -0.39 is 10.0 Å². The lowest BCUT2D eigenvalue weighted by molar-refractivity contribution is 0.598. The highest BCUT2D eigenvalue weighted by molar-refractivity contribution is 7.89. The van der Waals surface area contributed by atoms with E-state index in [2.05, 4.69) is 37.4 Å². The topological polar surface area (TPSA) is 72.2 Å². The molecule has 0 fully saturated rings. The molecule has 0 aliphatic carbocycles. The number of hydrogen-bond donors (Lipinski definition) is 2. The fourth-order valence-corrected chi connectivity index (χ4v) is 2.40. The molecule has 5 heteroatoms. The Labute approximate surface area is 119 Å². The highest BCUT2D eigenvalue weighted by atomic mass is 32.2. The van der Waals surface area contributed by atoms with Crippen LogP contribution in [0.5, 0.6) is 0 Å². The summed E-state index contributed by atoms with van der Waals surface area (Å²) in [5, 5.41) is 8.31. The van der Waals surface area contributed by atoms with Crippen LogP contribution >= 0.6 is 0 Å². The van der Waals surface area contributed by atoms with Crippen LogP contribution in [0.1, 0.15) is 16.7 Å². The summed E-state index contributed by atoms with van der Waals surface area (Å²) in [6, 6.07) is 12.7. The number of benzene rings is 2. The molecule has 2 rings (SSSR count). The van der Waals surface area contributed by atoms with Crippen molar-refractivity contribution in [1.29, 1.82) is 0 Å². The minimum atomic E-state index is -3.62. The molecule has 20 heavy (non-hydrogen) atoms. The quantitative estimate of drug-likeness (QED) is 0.909. The lowest BCUT2D eigenvalue weighted by Crippen LogP contribution is -2.12. The van der Waals surface area contributed by atoms with Gasteiger partial charge >= 0.3 is 0 Å². The first-order valence-corrected chi connectivity index (χ1v) is 7.84. The van der Waals surface area contributed by atoms with Gasteiger partial charge in [0.2, 0.25) is 10.0 Å². The molecule has 0 aliphatic heterocycles. The summed E-state index contributed by atoms with van der Waals surface area (Å²) in [6.07, 6.45) is 0. The molecule has 0 aliphatic rings. The monoisotopic (exact) mass is 290 g/mol. The summed E-state index contributed by atoms with van der Waals surface area (Å²) in [5.41, 5.74) is 4.57. The van der Waals surface area contributed by atoms with Crippen LogP contribution in [-0.4, -0.2) is 8.42 Å². The number of aryl methyl sites for hydroxylation is 2. The molecule has 0 radical (unpaired) electrons. The van der Waals surface area contributed by atoms with Gasteiger partial charge in [0.25, 0.3) is 0 Å². The van der Waals surface area contributed by atoms with Crippen molar-refractivity contribution < 1.29 is 8.42 Å². The summed E-state index contributed by atoms with van der Waals surface area (Å²) < 4.78 is 22.3. The molecular formula is C15H18N2O2S. The lowest BCUT2D eigenvalue weighted by atomic mass is 10.1. The van der Waals surface area contributed by atoms with E-state index in [-0.39, 0.29) is 4.90 Å². The number of rotatable bonds is 4. The van der Waals surface area contributed by atoms with Gasteiger partial charge in [0.05, 0.1) is 4.90 Å². The second kappa shape index (κ2) is 5.64. The van der Waals surface area contributed by atoms with E-state index in [4.69, 9.17) is 5.14 Å². The molecule has 3 N–H and O–H groups in total. The fourth-order valence-electron chi connectivity index (χ4n) is 1.88. The summed E-state index contributed by atoms with van der Waals surface area (Å²) in [6.45, 7) is 4.86. The van der Waals surface area contributed by atoms with Crippen LogP contribution in [-0.2, 0) is 16.6 Å². The molecule has 0 saturated carbocycles. The van der Waals surface area contributed by atoms with E-state index in [9.17, 15) is 8.42 Å². The Morgan fingerprint density at radius 2 is 1.65 bits per heavy atom. The van der Waals surface area contributed by atoms with Crippen molar-refractivity contribution in [2.75, 3.05) is 5.32 Å². The number of nitrogens with two attached hydrogens (primary N) is 1. The molecule has 106 valence electrons. The number of hydrogen-bond acceptors (Lipinski definition) is 3. The van der Waals surface area contributed by atoms with Gasteiger partial charge in [-0.25, -0.2) is 13.6 Å². The summed E-state index contributed by atoms with van der Waals surface area (Å²) in [7, 11) is -3.62. The van der Waals surface area contributed by atoms with Crippen molar-refractivity contribution in [3.8, 4) is 0 Å². The maximum Gasteiger partial charge on any atom is 0.238 e. The van der Waals surface area contributed by atoms with Crippen molar-refractivity contribution in [2.45, 2.75) is 25.3 Å². The predicted octanol–water partition coefficient (Wildman–Crippen LogP) is 2.56. The highest BCUT2D eigenvalue weighted by Gasteiger charge is 2.06. The van der Waals surface area contributed by atoms with Gasteiger partial charge in [0, 0.05) is 12.2 Å². The molecule has 0 spiro atoms. The Morgan fingerprint density at radius 1 is 1.00 bits per heavy atom. The lowest BCUT2D eigenvalue weighted by Gasteiger charge is -2.09. The van der Waals surface area contributed by atoms with Crippen LogP contribution in [0.4, 0.5) is 5.69 Å². The summed E-state index contributed by atoms with van der Waals surface area (Å²) in [4.78, 5) is 0.120. The van der Waals surface area contributed by atoms with E-state index >= 15 is 0 Å². The molecule has 2 aromatic rings. The molecule has 0 atom stereocenters. The maximum atomic E-state index is 11.2. The Bertz CT molecular complexity index is 707. The molecule has 0 saturated heterocycles. The number of sulfonamides is 1. The molecule has 2 aromatic carbocycles. The standard InChI is InChI=1S/C15H18N2O2S/c1-11-3-4-13(9-12(11)2)10-17-14-5-7-15(8-6-14)20(16,18)19/h3-9,17H,10H2,1-2H3,(H2,16,18,19). The second-order valence-corrected chi connectivity index (χ2v) is 6.40. The third-order valence-corrected chi connectivity index (χ3v) is 4.18. The van der Waals surface area contributed by atoms with Crippen molar-refractivity contribution in [3.05, 3.63) is 59.2 Å². The zero-order valence-electron chi connectivity index (χ0n) is 11.6. The number of primary sulfonamides is 1. The number of anilines is 1. The third-order valence-electron chi connectivity index (χ3n) is 3.25. The van der Waals surface area contributed by atoms with E-state index in [0.717, 1.165) is 5.69 Å². The van der Waals surface area contributed by atoms with E-state index in [0.29, 0.717) is 6.54 Å². The molecule has 0 aromatic heterocycles. The molecule has 0 heterocycles. The molecule has 0 amide bonds. The van der Waals surface area contributed by atoms with Gasteiger partial charge in [-0.05, 0) is 54.8 Å². The van der Waals surface area contributed by atoms with Crippen LogP contribution in [0, 0.1) is 13.8 Å². The Balaban J connectivity index is 2.06. The summed E-state index contributed by atoms with van der Waals surface area (Å²) in [5.74, 6) is 0. The van der Waals surface area contributed by atoms with E-state index in [1.54, 1.807) is 12.1 Å². The van der Waals surface area contributed by atoms with Gasteiger partial charge in [-0.2, -0.15) is 0 Å². The van der Waals surface area contributed by atoms with Crippen LogP contribution in [0.2, 0.25) is 0 Å². The zero-order chi connectivity index (χ0) is 14.8. The normalized spacial score (nSPS) is 11.3. The Kier molecular flexibility index (Phi) is 4.11. The first-order chi connectivity index (χ1) is 9.36. The molecule has 4 nitrogen and oxygen atoms in total. The van der Waals surface area contributed by atoms with Gasteiger partial charge in [0.1, 0.15) is 0 Å². The van der Waals surface area contributed by atoms with Crippen molar-refractivity contribution in [2.24, 2.45) is 5.14 Å². The Morgan fingerprint density at radius 3 is 2.20 bits per heavy atom. The van der Waals surface area contributed by atoms with Gasteiger partial charge in [-0.15, -0.1) is 0 Å². The summed E-state index contributed by atoms with van der Waals surface area (Å²) >= 11 is 0. The van der Waals surface area contributed by atoms with Crippen LogP contribution in [0.25, 0.3) is 0 Å². The van der Waals surface area contributed by atoms with Crippen LogP contribution in [0.3, 0.4) is 0 Å². The minimum absolute atomic E-state index is 0.120. The smallest absolute Gasteiger partial charge is 0.238 e. The van der Waals surface area contributed by atoms with Gasteiger partial charge in [-0.1, -0.05) is 18.2 Å². The second-order valence-electron chi connectivity index (χ2n) is 4.84. The average Bonchev–Trinajstić information content (AvgIpc) is 2.40. The molecular weight excluding hydrogens is 272 g/mol. The van der Waals surface area contributed by atoms with Crippen molar-refractivity contribution in [1.82, 2.24) is 0 Å². The fraction of sp³-hybridized carbons (Fsp3) is 0.200. The van der Waals surface area contributed by atoms with E-state index in [1.807, 2.05) is 0 Å². The number of nitrogens with one attached hydrogen (secondary N) is 1. The van der Waals surface area contributed by atoms with Crippen LogP contribution < -0.4 is 10.5 Å². The zero-order valence-corrected chi connectivity index (χ0v) is 12.4.